The Balaban J connectivity index is 0.00000225. The summed E-state index contributed by atoms with van der Waals surface area (Å²) in [6.45, 7) is 5.37. The molecule has 2 aromatic rings. The van der Waals surface area contributed by atoms with E-state index in [2.05, 4.69) is 12.1 Å². The molecule has 0 bridgehead atoms. The van der Waals surface area contributed by atoms with Crippen LogP contribution in [0, 0.1) is 19.8 Å². The van der Waals surface area contributed by atoms with Crippen molar-refractivity contribution in [1.82, 2.24) is 4.31 Å². The van der Waals surface area contributed by atoms with Gasteiger partial charge in [-0.05, 0) is 55.1 Å². The highest BCUT2D eigenvalue weighted by Crippen LogP contribution is 2.35. The Morgan fingerprint density at radius 2 is 1.72 bits per heavy atom. The van der Waals surface area contributed by atoms with E-state index >= 15 is 0 Å². The predicted molar refractivity (Wildman–Crippen MR) is 104 cm³/mol. The summed E-state index contributed by atoms with van der Waals surface area (Å²) in [7, 11) is -3.48. The minimum Gasteiger partial charge on any atom is -0.330 e. The first-order valence-corrected chi connectivity index (χ1v) is 9.70. The molecule has 0 aromatic heterocycles. The normalized spacial score (nSPS) is 21.1. The van der Waals surface area contributed by atoms with Crippen LogP contribution in [-0.2, 0) is 10.0 Å². The van der Waals surface area contributed by atoms with Crippen LogP contribution in [0.4, 0.5) is 0 Å². The predicted octanol–water partition coefficient (Wildman–Crippen LogP) is 3.09. The van der Waals surface area contributed by atoms with Gasteiger partial charge in [0, 0.05) is 19.0 Å². The molecule has 0 unspecified atom stereocenters. The quantitative estimate of drug-likeness (QED) is 0.886. The molecule has 1 aliphatic heterocycles. The minimum atomic E-state index is -3.48. The molecule has 4 nitrogen and oxygen atoms in total. The van der Waals surface area contributed by atoms with E-state index in [-0.39, 0.29) is 24.2 Å². The molecule has 2 aromatic carbocycles. The van der Waals surface area contributed by atoms with Crippen LogP contribution in [0.2, 0.25) is 0 Å². The van der Waals surface area contributed by atoms with Crippen molar-refractivity contribution in [2.45, 2.75) is 24.7 Å². The van der Waals surface area contributed by atoms with E-state index in [0.29, 0.717) is 24.5 Å². The lowest BCUT2D eigenvalue weighted by Crippen LogP contribution is -2.30. The number of halogens is 1. The molecule has 1 saturated heterocycles. The monoisotopic (exact) mass is 380 g/mol. The first kappa shape index (κ1) is 19.9. The highest BCUT2D eigenvalue weighted by Gasteiger charge is 2.39. The average molecular weight is 381 g/mol. The molecule has 0 amide bonds. The summed E-state index contributed by atoms with van der Waals surface area (Å²) in [6.07, 6.45) is 0. The second-order valence-corrected chi connectivity index (χ2v) is 8.52. The van der Waals surface area contributed by atoms with Gasteiger partial charge in [0.05, 0.1) is 4.90 Å². The Morgan fingerprint density at radius 1 is 1.04 bits per heavy atom. The van der Waals surface area contributed by atoms with Crippen LogP contribution in [0.3, 0.4) is 0 Å². The van der Waals surface area contributed by atoms with Crippen molar-refractivity contribution in [3.63, 3.8) is 0 Å². The maximum atomic E-state index is 13.0. The highest BCUT2D eigenvalue weighted by molar-refractivity contribution is 7.89. The average Bonchev–Trinajstić information content (AvgIpc) is 3.03. The number of benzene rings is 2. The maximum absolute atomic E-state index is 13.0. The Bertz CT molecular complexity index is 825. The van der Waals surface area contributed by atoms with Crippen LogP contribution in [-0.4, -0.2) is 32.4 Å². The van der Waals surface area contributed by atoms with Gasteiger partial charge >= 0.3 is 0 Å². The second-order valence-electron chi connectivity index (χ2n) is 6.58. The van der Waals surface area contributed by atoms with Gasteiger partial charge in [0.25, 0.3) is 0 Å². The first-order chi connectivity index (χ1) is 11.4. The Labute approximate surface area is 156 Å². The highest BCUT2D eigenvalue weighted by atomic mass is 35.5. The minimum absolute atomic E-state index is 0. The molecule has 0 spiro atoms. The fraction of sp³-hybridized carbons (Fsp3) is 0.368. The largest absolute Gasteiger partial charge is 0.330 e. The Morgan fingerprint density at radius 3 is 2.32 bits per heavy atom. The number of nitrogens with zero attached hydrogens (tertiary/aromatic N) is 1. The summed E-state index contributed by atoms with van der Waals surface area (Å²) in [6, 6.07) is 15.4. The van der Waals surface area contributed by atoms with E-state index in [4.69, 9.17) is 5.73 Å². The molecule has 3 rings (SSSR count). The molecule has 25 heavy (non-hydrogen) atoms. The van der Waals surface area contributed by atoms with Crippen LogP contribution in [0.15, 0.2) is 53.4 Å². The molecule has 136 valence electrons. The van der Waals surface area contributed by atoms with E-state index in [0.717, 1.165) is 16.7 Å². The second kappa shape index (κ2) is 7.87. The lowest BCUT2D eigenvalue weighted by molar-refractivity contribution is 0.459. The van der Waals surface area contributed by atoms with E-state index in [9.17, 15) is 8.42 Å². The number of nitrogens with two attached hydrogens (primary N) is 1. The molecule has 0 saturated carbocycles. The summed E-state index contributed by atoms with van der Waals surface area (Å²) >= 11 is 0. The maximum Gasteiger partial charge on any atom is 0.243 e. The Hall–Kier alpha value is -1.40. The molecule has 2 N–H and O–H groups in total. The summed E-state index contributed by atoms with van der Waals surface area (Å²) < 4.78 is 27.6. The van der Waals surface area contributed by atoms with Crippen LogP contribution >= 0.6 is 12.4 Å². The van der Waals surface area contributed by atoms with Crippen LogP contribution in [0.1, 0.15) is 22.6 Å². The Kier molecular flexibility index (Phi) is 6.27. The van der Waals surface area contributed by atoms with E-state index in [1.54, 1.807) is 16.4 Å². The van der Waals surface area contributed by atoms with Crippen LogP contribution < -0.4 is 5.73 Å². The van der Waals surface area contributed by atoms with Crippen molar-refractivity contribution >= 4 is 22.4 Å². The van der Waals surface area contributed by atoms with Crippen molar-refractivity contribution in [2.24, 2.45) is 11.7 Å². The van der Waals surface area contributed by atoms with Crippen molar-refractivity contribution < 1.29 is 8.42 Å². The zero-order valence-corrected chi connectivity index (χ0v) is 16.2. The van der Waals surface area contributed by atoms with Gasteiger partial charge in [0.15, 0.2) is 0 Å². The smallest absolute Gasteiger partial charge is 0.243 e. The van der Waals surface area contributed by atoms with E-state index in [1.807, 2.05) is 38.1 Å². The van der Waals surface area contributed by atoms with Gasteiger partial charge in [-0.3, -0.25) is 0 Å². The van der Waals surface area contributed by atoms with Gasteiger partial charge in [0.1, 0.15) is 0 Å². The number of rotatable bonds is 4. The topological polar surface area (TPSA) is 63.4 Å². The number of hydrogen-bond acceptors (Lipinski definition) is 3. The van der Waals surface area contributed by atoms with Gasteiger partial charge in [-0.25, -0.2) is 8.42 Å². The van der Waals surface area contributed by atoms with Crippen molar-refractivity contribution in [1.29, 1.82) is 0 Å². The zero-order chi connectivity index (χ0) is 17.3. The number of sulfonamides is 1. The molecule has 0 aliphatic carbocycles. The van der Waals surface area contributed by atoms with Gasteiger partial charge < -0.3 is 5.73 Å². The van der Waals surface area contributed by atoms with Crippen LogP contribution in [0.5, 0.6) is 0 Å². The third-order valence-corrected chi connectivity index (χ3v) is 6.88. The van der Waals surface area contributed by atoms with Crippen molar-refractivity contribution in [3.8, 4) is 0 Å². The van der Waals surface area contributed by atoms with Gasteiger partial charge in [-0.1, -0.05) is 36.4 Å². The summed E-state index contributed by atoms with van der Waals surface area (Å²) in [5.41, 5.74) is 9.17. The van der Waals surface area contributed by atoms with Crippen molar-refractivity contribution in [2.75, 3.05) is 19.6 Å². The SMILES string of the molecule is Cc1ccc(S(=O)(=O)N2C[C@@H](CN)[C@H](c3ccccc3)C2)cc1C.Cl. The fourth-order valence-electron chi connectivity index (χ4n) is 3.37. The number of hydrogen-bond donors (Lipinski definition) is 1. The van der Waals surface area contributed by atoms with Crippen LogP contribution in [0.25, 0.3) is 0 Å². The van der Waals surface area contributed by atoms with Gasteiger partial charge in [0.2, 0.25) is 10.0 Å². The molecular formula is C19H25ClN2O2S. The molecule has 1 aliphatic rings. The molecule has 0 radical (unpaired) electrons. The third-order valence-electron chi connectivity index (χ3n) is 5.05. The molecule has 2 atom stereocenters. The third kappa shape index (κ3) is 3.90. The molecular weight excluding hydrogens is 356 g/mol. The molecule has 6 heteroatoms. The van der Waals surface area contributed by atoms with E-state index in [1.165, 1.54) is 0 Å². The molecule has 1 fully saturated rings. The van der Waals surface area contributed by atoms with Gasteiger partial charge in [-0.2, -0.15) is 4.31 Å². The lowest BCUT2D eigenvalue weighted by Gasteiger charge is -2.17. The fourth-order valence-corrected chi connectivity index (χ4v) is 4.98. The first-order valence-electron chi connectivity index (χ1n) is 8.26. The van der Waals surface area contributed by atoms with Crippen molar-refractivity contribution in [3.05, 3.63) is 65.2 Å². The number of aryl methyl sites for hydroxylation is 2. The van der Waals surface area contributed by atoms with Gasteiger partial charge in [-0.15, -0.1) is 12.4 Å². The standard InChI is InChI=1S/C19H24N2O2S.ClH/c1-14-8-9-18(10-15(14)2)24(22,23)21-12-17(11-20)19(13-21)16-6-4-3-5-7-16;/h3-10,17,19H,11-13,20H2,1-2H3;1H/t17-,19+;/m1./s1. The molecule has 1 heterocycles. The summed E-state index contributed by atoms with van der Waals surface area (Å²) in [5.74, 6) is 0.297. The zero-order valence-electron chi connectivity index (χ0n) is 14.6. The van der Waals surface area contributed by atoms with E-state index < -0.39 is 10.0 Å². The lowest BCUT2D eigenvalue weighted by atomic mass is 9.89. The summed E-state index contributed by atoms with van der Waals surface area (Å²) in [5, 5.41) is 0. The summed E-state index contributed by atoms with van der Waals surface area (Å²) in [4.78, 5) is 0.370.